The fourth-order valence-corrected chi connectivity index (χ4v) is 4.19. The predicted molar refractivity (Wildman–Crippen MR) is 73.1 cm³/mol. The minimum absolute atomic E-state index is 0.531. The highest BCUT2D eigenvalue weighted by molar-refractivity contribution is 8.00. The molecule has 3 heteroatoms. The number of nitrogens with one attached hydrogen (secondary N) is 1. The molecule has 2 unspecified atom stereocenters. The van der Waals surface area contributed by atoms with E-state index in [0.717, 1.165) is 11.2 Å². The summed E-state index contributed by atoms with van der Waals surface area (Å²) in [7, 11) is 0. The van der Waals surface area contributed by atoms with E-state index in [4.69, 9.17) is 0 Å². The van der Waals surface area contributed by atoms with Gasteiger partial charge in [0.2, 0.25) is 0 Å². The molecule has 16 heavy (non-hydrogen) atoms. The maximum Gasteiger partial charge on any atom is 0.0198 e. The largest absolute Gasteiger partial charge is 0.316 e. The van der Waals surface area contributed by atoms with Gasteiger partial charge < -0.3 is 10.2 Å². The third-order valence-corrected chi connectivity index (χ3v) is 5.52. The van der Waals surface area contributed by atoms with Crippen LogP contribution in [0.5, 0.6) is 0 Å². The molecule has 2 aliphatic rings. The van der Waals surface area contributed by atoms with E-state index in [2.05, 4.69) is 42.7 Å². The highest BCUT2D eigenvalue weighted by Crippen LogP contribution is 2.30. The van der Waals surface area contributed by atoms with Gasteiger partial charge in [-0.2, -0.15) is 11.8 Å². The van der Waals surface area contributed by atoms with E-state index in [-0.39, 0.29) is 0 Å². The Labute approximate surface area is 105 Å². The van der Waals surface area contributed by atoms with Gasteiger partial charge in [0.15, 0.2) is 0 Å². The fraction of sp³-hybridized carbons (Fsp3) is 1.00. The summed E-state index contributed by atoms with van der Waals surface area (Å²) in [6.45, 7) is 13.5. The number of hydrogen-bond donors (Lipinski definition) is 1. The molecule has 0 aromatic carbocycles. The van der Waals surface area contributed by atoms with Crippen LogP contribution in [-0.4, -0.2) is 48.6 Å². The summed E-state index contributed by atoms with van der Waals surface area (Å²) in [4.78, 5) is 2.70. The van der Waals surface area contributed by atoms with Crippen LogP contribution < -0.4 is 5.32 Å². The molecular formula is C13H26N2S. The Kier molecular flexibility index (Phi) is 4.20. The summed E-state index contributed by atoms with van der Waals surface area (Å²) in [6, 6.07) is 0. The molecule has 0 radical (unpaired) electrons. The maximum atomic E-state index is 3.50. The number of hydrogen-bond acceptors (Lipinski definition) is 3. The molecule has 0 saturated carbocycles. The molecule has 2 nitrogen and oxygen atoms in total. The van der Waals surface area contributed by atoms with Gasteiger partial charge in [-0.25, -0.2) is 0 Å². The Bertz CT molecular complexity index is 224. The second-order valence-corrected chi connectivity index (χ2v) is 7.47. The lowest BCUT2D eigenvalue weighted by Crippen LogP contribution is -2.45. The third kappa shape index (κ3) is 3.14. The number of nitrogens with zero attached hydrogens (tertiary/aromatic N) is 1. The Morgan fingerprint density at radius 2 is 2.31 bits per heavy atom. The summed E-state index contributed by atoms with van der Waals surface area (Å²) < 4.78 is 0. The van der Waals surface area contributed by atoms with Crippen molar-refractivity contribution in [2.45, 2.75) is 32.4 Å². The molecule has 2 rings (SSSR count). The molecule has 94 valence electrons. The van der Waals surface area contributed by atoms with Crippen molar-refractivity contribution in [2.24, 2.45) is 11.3 Å². The van der Waals surface area contributed by atoms with Crippen LogP contribution in [0, 0.1) is 11.3 Å². The van der Waals surface area contributed by atoms with E-state index in [9.17, 15) is 0 Å². The van der Waals surface area contributed by atoms with Crippen LogP contribution in [0.15, 0.2) is 0 Å². The Balaban J connectivity index is 1.85. The Morgan fingerprint density at radius 3 is 2.94 bits per heavy atom. The van der Waals surface area contributed by atoms with E-state index in [1.54, 1.807) is 0 Å². The molecule has 2 fully saturated rings. The summed E-state index contributed by atoms with van der Waals surface area (Å²) in [5.74, 6) is 2.15. The molecule has 0 bridgehead atoms. The number of rotatable bonds is 3. The van der Waals surface area contributed by atoms with Gasteiger partial charge in [0.1, 0.15) is 0 Å². The van der Waals surface area contributed by atoms with Gasteiger partial charge in [-0.15, -0.1) is 0 Å². The van der Waals surface area contributed by atoms with Crippen molar-refractivity contribution in [2.75, 3.05) is 38.5 Å². The predicted octanol–water partition coefficient (Wildman–Crippen LogP) is 2.06. The first-order valence-electron chi connectivity index (χ1n) is 6.64. The molecule has 0 spiro atoms. The summed E-state index contributed by atoms with van der Waals surface area (Å²) in [6.07, 6.45) is 1.35. The van der Waals surface area contributed by atoms with Crippen LogP contribution in [0.25, 0.3) is 0 Å². The molecule has 1 N–H and O–H groups in total. The quantitative estimate of drug-likeness (QED) is 0.815. The van der Waals surface area contributed by atoms with Crippen LogP contribution in [0.3, 0.4) is 0 Å². The van der Waals surface area contributed by atoms with Gasteiger partial charge in [0.25, 0.3) is 0 Å². The van der Waals surface area contributed by atoms with E-state index in [1.165, 1.54) is 44.9 Å². The summed E-state index contributed by atoms with van der Waals surface area (Å²) >= 11 is 2.17. The van der Waals surface area contributed by atoms with Gasteiger partial charge in [-0.05, 0) is 24.3 Å². The second kappa shape index (κ2) is 5.28. The minimum Gasteiger partial charge on any atom is -0.316 e. The van der Waals surface area contributed by atoms with Crippen LogP contribution in [0.4, 0.5) is 0 Å². The molecular weight excluding hydrogens is 216 g/mol. The van der Waals surface area contributed by atoms with E-state index in [1.807, 2.05) is 0 Å². The molecule has 2 aliphatic heterocycles. The van der Waals surface area contributed by atoms with E-state index < -0.39 is 0 Å². The zero-order chi connectivity index (χ0) is 11.6. The average Bonchev–Trinajstić information content (AvgIpc) is 2.65. The molecule has 2 heterocycles. The molecule has 0 aromatic rings. The maximum absolute atomic E-state index is 3.50. The van der Waals surface area contributed by atoms with Gasteiger partial charge in [-0.1, -0.05) is 20.8 Å². The molecule has 2 saturated heterocycles. The monoisotopic (exact) mass is 242 g/mol. The number of thioether (sulfide) groups is 1. The van der Waals surface area contributed by atoms with Crippen molar-refractivity contribution in [3.8, 4) is 0 Å². The van der Waals surface area contributed by atoms with Gasteiger partial charge in [0.05, 0.1) is 0 Å². The summed E-state index contributed by atoms with van der Waals surface area (Å²) in [5, 5.41) is 4.36. The van der Waals surface area contributed by atoms with Crippen molar-refractivity contribution in [1.29, 1.82) is 0 Å². The Hall–Kier alpha value is 0.270. The topological polar surface area (TPSA) is 15.3 Å². The van der Waals surface area contributed by atoms with Crippen LogP contribution in [0.2, 0.25) is 0 Å². The molecule has 0 amide bonds. The highest BCUT2D eigenvalue weighted by Gasteiger charge is 2.32. The van der Waals surface area contributed by atoms with Gasteiger partial charge in [0, 0.05) is 37.2 Å². The van der Waals surface area contributed by atoms with Crippen molar-refractivity contribution < 1.29 is 0 Å². The molecule has 0 aliphatic carbocycles. The van der Waals surface area contributed by atoms with Gasteiger partial charge in [-0.3, -0.25) is 0 Å². The first-order valence-corrected chi connectivity index (χ1v) is 7.69. The van der Waals surface area contributed by atoms with E-state index >= 15 is 0 Å². The average molecular weight is 242 g/mol. The SMILES string of the molecule is CC(C)C1CN(CC2(C)CCNC2)CCS1. The minimum atomic E-state index is 0.531. The smallest absolute Gasteiger partial charge is 0.0198 e. The normalized spacial score (nSPS) is 37.1. The first-order chi connectivity index (χ1) is 7.59. The summed E-state index contributed by atoms with van der Waals surface area (Å²) in [5.41, 5.74) is 0.531. The fourth-order valence-electron chi connectivity index (χ4n) is 2.82. The lowest BCUT2D eigenvalue weighted by Gasteiger charge is -2.38. The molecule has 0 aromatic heterocycles. The van der Waals surface area contributed by atoms with Gasteiger partial charge >= 0.3 is 0 Å². The zero-order valence-electron chi connectivity index (χ0n) is 11.0. The van der Waals surface area contributed by atoms with Crippen LogP contribution in [-0.2, 0) is 0 Å². The highest BCUT2D eigenvalue weighted by atomic mass is 32.2. The lowest BCUT2D eigenvalue weighted by atomic mass is 9.89. The van der Waals surface area contributed by atoms with Crippen LogP contribution >= 0.6 is 11.8 Å². The third-order valence-electron chi connectivity index (χ3n) is 3.98. The standard InChI is InChI=1S/C13H26N2S/c1-11(2)12-8-15(6-7-16-12)10-13(3)4-5-14-9-13/h11-12,14H,4-10H2,1-3H3. The Morgan fingerprint density at radius 1 is 1.50 bits per heavy atom. The lowest BCUT2D eigenvalue weighted by molar-refractivity contribution is 0.176. The first kappa shape index (κ1) is 12.7. The van der Waals surface area contributed by atoms with Crippen molar-refractivity contribution >= 4 is 11.8 Å². The molecule has 2 atom stereocenters. The van der Waals surface area contributed by atoms with Crippen molar-refractivity contribution in [1.82, 2.24) is 10.2 Å². The van der Waals surface area contributed by atoms with Crippen molar-refractivity contribution in [3.63, 3.8) is 0 Å². The second-order valence-electron chi connectivity index (χ2n) is 6.13. The van der Waals surface area contributed by atoms with Crippen molar-refractivity contribution in [3.05, 3.63) is 0 Å². The van der Waals surface area contributed by atoms with E-state index in [0.29, 0.717) is 5.41 Å². The van der Waals surface area contributed by atoms with Crippen LogP contribution in [0.1, 0.15) is 27.2 Å². The zero-order valence-corrected chi connectivity index (χ0v) is 11.8.